The van der Waals surface area contributed by atoms with Crippen molar-refractivity contribution in [2.75, 3.05) is 0 Å². The van der Waals surface area contributed by atoms with Crippen molar-refractivity contribution < 1.29 is 4.79 Å². The van der Waals surface area contributed by atoms with Gasteiger partial charge in [0.05, 0.1) is 0 Å². The molecule has 2 unspecified atom stereocenters. The first-order chi connectivity index (χ1) is 9.24. The summed E-state index contributed by atoms with van der Waals surface area (Å²) < 4.78 is 0. The highest BCUT2D eigenvalue weighted by Crippen LogP contribution is 2.30. The van der Waals surface area contributed by atoms with Crippen LogP contribution in [-0.2, 0) is 6.54 Å². The molecular formula is C14H23N3OS. The van der Waals surface area contributed by atoms with Gasteiger partial charge in [-0.3, -0.25) is 4.79 Å². The predicted molar refractivity (Wildman–Crippen MR) is 78.1 cm³/mol. The number of hydrogen-bond donors (Lipinski definition) is 2. The van der Waals surface area contributed by atoms with E-state index in [0.29, 0.717) is 24.2 Å². The van der Waals surface area contributed by atoms with Gasteiger partial charge in [-0.2, -0.15) is 0 Å². The van der Waals surface area contributed by atoms with Crippen molar-refractivity contribution in [2.45, 2.75) is 58.0 Å². The summed E-state index contributed by atoms with van der Waals surface area (Å²) in [7, 11) is 0. The number of thiazole rings is 1. The van der Waals surface area contributed by atoms with Gasteiger partial charge in [0.2, 0.25) is 0 Å². The molecule has 0 saturated heterocycles. The van der Waals surface area contributed by atoms with E-state index in [-0.39, 0.29) is 5.91 Å². The Morgan fingerprint density at radius 2 is 2.42 bits per heavy atom. The Labute approximate surface area is 118 Å². The summed E-state index contributed by atoms with van der Waals surface area (Å²) in [5, 5.41) is 5.77. The number of carbonyl (C=O) groups is 1. The van der Waals surface area contributed by atoms with Crippen LogP contribution in [0, 0.1) is 5.92 Å². The summed E-state index contributed by atoms with van der Waals surface area (Å²) in [5.74, 6) is 0.612. The number of aromatic nitrogens is 1. The molecule has 0 bridgehead atoms. The molecule has 1 amide bonds. The molecule has 1 aromatic heterocycles. The predicted octanol–water partition coefficient (Wildman–Crippen LogP) is 2.69. The Kier molecular flexibility index (Phi) is 5.34. The first-order valence-corrected chi connectivity index (χ1v) is 8.08. The second-order valence-corrected chi connectivity index (χ2v) is 6.19. The average molecular weight is 281 g/mol. The van der Waals surface area contributed by atoms with Crippen LogP contribution in [0.2, 0.25) is 0 Å². The van der Waals surface area contributed by atoms with Crippen molar-refractivity contribution in [1.29, 1.82) is 0 Å². The summed E-state index contributed by atoms with van der Waals surface area (Å²) in [4.78, 5) is 16.4. The molecule has 0 spiro atoms. The summed E-state index contributed by atoms with van der Waals surface area (Å²) in [5.41, 5.74) is 6.04. The highest BCUT2D eigenvalue weighted by Gasteiger charge is 2.28. The van der Waals surface area contributed by atoms with Crippen molar-refractivity contribution >= 4 is 17.2 Å². The van der Waals surface area contributed by atoms with Crippen LogP contribution in [0.15, 0.2) is 5.38 Å². The molecule has 3 N–H and O–H groups in total. The lowest BCUT2D eigenvalue weighted by molar-refractivity contribution is 0.0922. The minimum absolute atomic E-state index is 0.0376. The van der Waals surface area contributed by atoms with Crippen LogP contribution in [0.1, 0.15) is 60.9 Å². The normalized spacial score (nSPS) is 22.6. The highest BCUT2D eigenvalue weighted by molar-refractivity contribution is 7.09. The molecule has 0 aliphatic heterocycles. The van der Waals surface area contributed by atoms with E-state index >= 15 is 0 Å². The summed E-state index contributed by atoms with van der Waals surface area (Å²) in [6.45, 7) is 2.62. The maximum atomic E-state index is 12.1. The van der Waals surface area contributed by atoms with Crippen molar-refractivity contribution in [3.8, 4) is 0 Å². The maximum absolute atomic E-state index is 12.1. The lowest BCUT2D eigenvalue weighted by atomic mass is 9.97. The lowest BCUT2D eigenvalue weighted by Crippen LogP contribution is -2.37. The smallest absolute Gasteiger partial charge is 0.270 e. The number of nitrogens with zero attached hydrogens (tertiary/aromatic N) is 1. The Morgan fingerprint density at radius 3 is 3.11 bits per heavy atom. The Bertz CT molecular complexity index is 419. The minimum atomic E-state index is -0.0376. The van der Waals surface area contributed by atoms with Gasteiger partial charge in [-0.25, -0.2) is 4.98 Å². The molecule has 4 nitrogen and oxygen atoms in total. The molecule has 19 heavy (non-hydrogen) atoms. The molecule has 2 rings (SSSR count). The van der Waals surface area contributed by atoms with Crippen LogP contribution < -0.4 is 11.1 Å². The van der Waals surface area contributed by atoms with Crippen LogP contribution in [0.4, 0.5) is 0 Å². The average Bonchev–Trinajstić information content (AvgIpc) is 3.05. The molecule has 1 saturated carbocycles. The van der Waals surface area contributed by atoms with E-state index in [0.717, 1.165) is 11.4 Å². The van der Waals surface area contributed by atoms with E-state index < -0.39 is 0 Å². The van der Waals surface area contributed by atoms with Gasteiger partial charge in [0.15, 0.2) is 0 Å². The first kappa shape index (κ1) is 14.5. The zero-order chi connectivity index (χ0) is 13.7. The van der Waals surface area contributed by atoms with Crippen LogP contribution in [0.25, 0.3) is 0 Å². The molecular weight excluding hydrogens is 258 g/mol. The Hall–Kier alpha value is -0.940. The quantitative estimate of drug-likeness (QED) is 0.842. The largest absolute Gasteiger partial charge is 0.348 e. The molecule has 2 atom stereocenters. The van der Waals surface area contributed by atoms with E-state index in [1.165, 1.54) is 43.4 Å². The fraction of sp³-hybridized carbons (Fsp3) is 0.714. The zero-order valence-corrected chi connectivity index (χ0v) is 12.3. The molecule has 1 aromatic rings. The summed E-state index contributed by atoms with van der Waals surface area (Å²) in [6, 6.07) is 0.335. The van der Waals surface area contributed by atoms with Gasteiger partial charge in [-0.15, -0.1) is 11.3 Å². The Morgan fingerprint density at radius 1 is 1.58 bits per heavy atom. The molecule has 1 fully saturated rings. The van der Waals surface area contributed by atoms with Gasteiger partial charge >= 0.3 is 0 Å². The third-order valence-corrected chi connectivity index (χ3v) is 4.73. The molecule has 0 aromatic carbocycles. The van der Waals surface area contributed by atoms with Crippen LogP contribution in [0.3, 0.4) is 0 Å². The molecule has 1 aliphatic carbocycles. The van der Waals surface area contributed by atoms with E-state index in [1.807, 2.05) is 0 Å². The third kappa shape index (κ3) is 3.76. The maximum Gasteiger partial charge on any atom is 0.270 e. The lowest BCUT2D eigenvalue weighted by Gasteiger charge is -2.20. The van der Waals surface area contributed by atoms with Crippen molar-refractivity contribution in [3.05, 3.63) is 16.1 Å². The van der Waals surface area contributed by atoms with Crippen LogP contribution in [0.5, 0.6) is 0 Å². The molecule has 1 aliphatic rings. The molecule has 106 valence electrons. The number of nitrogens with two attached hydrogens (primary N) is 1. The van der Waals surface area contributed by atoms with Gasteiger partial charge in [0, 0.05) is 18.0 Å². The van der Waals surface area contributed by atoms with Crippen LogP contribution >= 0.6 is 11.3 Å². The highest BCUT2D eigenvalue weighted by atomic mass is 32.1. The number of amides is 1. The van der Waals surface area contributed by atoms with E-state index in [1.54, 1.807) is 5.38 Å². The number of carbonyl (C=O) groups excluding carboxylic acids is 1. The fourth-order valence-corrected chi connectivity index (χ4v) is 3.44. The van der Waals surface area contributed by atoms with E-state index in [4.69, 9.17) is 5.73 Å². The topological polar surface area (TPSA) is 68.0 Å². The second kappa shape index (κ2) is 7.01. The summed E-state index contributed by atoms with van der Waals surface area (Å²) in [6.07, 6.45) is 7.29. The van der Waals surface area contributed by atoms with Crippen LogP contribution in [-0.4, -0.2) is 16.9 Å². The minimum Gasteiger partial charge on any atom is -0.348 e. The van der Waals surface area contributed by atoms with Gasteiger partial charge < -0.3 is 11.1 Å². The van der Waals surface area contributed by atoms with Crippen molar-refractivity contribution in [2.24, 2.45) is 11.7 Å². The van der Waals surface area contributed by atoms with Gasteiger partial charge in [0.1, 0.15) is 10.7 Å². The zero-order valence-electron chi connectivity index (χ0n) is 11.5. The van der Waals surface area contributed by atoms with Crippen molar-refractivity contribution in [1.82, 2.24) is 10.3 Å². The number of nitrogens with one attached hydrogen (secondary N) is 1. The van der Waals surface area contributed by atoms with E-state index in [2.05, 4.69) is 17.2 Å². The first-order valence-electron chi connectivity index (χ1n) is 7.20. The second-order valence-electron chi connectivity index (χ2n) is 5.24. The third-order valence-electron chi connectivity index (χ3n) is 3.86. The number of unbranched alkanes of at least 4 members (excludes halogenated alkanes) is 1. The standard InChI is InChI=1S/C14H23N3OS/c1-2-3-5-10-6-4-7-11(10)17-14(18)12-9-19-13(8-15)16-12/h9-11H,2-8,15H2,1H3,(H,17,18). The van der Waals surface area contributed by atoms with Crippen molar-refractivity contribution in [3.63, 3.8) is 0 Å². The van der Waals surface area contributed by atoms with Gasteiger partial charge in [0.25, 0.3) is 5.91 Å². The monoisotopic (exact) mass is 281 g/mol. The SMILES string of the molecule is CCCCC1CCCC1NC(=O)c1csc(CN)n1. The van der Waals surface area contributed by atoms with E-state index in [9.17, 15) is 4.79 Å². The number of hydrogen-bond acceptors (Lipinski definition) is 4. The van der Waals surface area contributed by atoms with Gasteiger partial charge in [-0.05, 0) is 25.2 Å². The molecule has 1 heterocycles. The fourth-order valence-electron chi connectivity index (χ4n) is 2.79. The van der Waals surface area contributed by atoms with Gasteiger partial charge in [-0.1, -0.05) is 26.2 Å². The summed E-state index contributed by atoms with van der Waals surface area (Å²) >= 11 is 1.45. The molecule has 0 radical (unpaired) electrons. The molecule has 5 heteroatoms. The Balaban J connectivity index is 1.90. The number of rotatable bonds is 6.